The van der Waals surface area contributed by atoms with Crippen LogP contribution in [0.25, 0.3) is 0 Å². The van der Waals surface area contributed by atoms with Gasteiger partial charge in [0.15, 0.2) is 0 Å². The molecule has 1 rings (SSSR count). The van der Waals surface area contributed by atoms with Gasteiger partial charge in [-0.05, 0) is 19.9 Å². The second-order valence-corrected chi connectivity index (χ2v) is 6.78. The van der Waals surface area contributed by atoms with Gasteiger partial charge in [-0.1, -0.05) is 0 Å². The number of carbonyl (C=O) groups is 2. The number of carboxylic acid groups (broad SMARTS) is 1. The first-order valence-corrected chi connectivity index (χ1v) is 7.14. The van der Waals surface area contributed by atoms with E-state index in [4.69, 9.17) is 10.2 Å². The highest BCUT2D eigenvalue weighted by Gasteiger charge is 2.29. The summed E-state index contributed by atoms with van der Waals surface area (Å²) >= 11 is 0.798. The number of amides is 1. The Bertz CT molecular complexity index is 588. The maximum Gasteiger partial charge on any atom is 0.328 e. The number of nitrogens with two attached hydrogens (primary N) is 1. The van der Waals surface area contributed by atoms with Crippen LogP contribution in [-0.2, 0) is 14.8 Å². The first-order valence-electron chi connectivity index (χ1n) is 4.71. The number of primary sulfonamides is 1. The quantitative estimate of drug-likeness (QED) is 0.719. The van der Waals surface area contributed by atoms with Crippen molar-refractivity contribution in [2.24, 2.45) is 5.14 Å². The molecule has 0 bridgehead atoms. The van der Waals surface area contributed by atoms with Gasteiger partial charge in [-0.2, -0.15) is 0 Å². The molecule has 0 unspecified atom stereocenters. The van der Waals surface area contributed by atoms with Gasteiger partial charge < -0.3 is 10.4 Å². The van der Waals surface area contributed by atoms with E-state index < -0.39 is 27.4 Å². The molecule has 0 aliphatic carbocycles. The zero-order valence-electron chi connectivity index (χ0n) is 9.63. The van der Waals surface area contributed by atoms with Crippen LogP contribution < -0.4 is 10.5 Å². The molecule has 1 amide bonds. The maximum absolute atomic E-state index is 11.7. The minimum Gasteiger partial charge on any atom is -0.480 e. The third-order valence-corrected chi connectivity index (χ3v) is 4.46. The van der Waals surface area contributed by atoms with Gasteiger partial charge in [0.25, 0.3) is 5.91 Å². The zero-order valence-corrected chi connectivity index (χ0v) is 11.3. The lowest BCUT2D eigenvalue weighted by Gasteiger charge is -2.20. The average molecular weight is 292 g/mol. The Balaban J connectivity index is 2.94. The molecule has 1 heterocycles. The Kier molecular flexibility index (Phi) is 3.79. The predicted molar refractivity (Wildman–Crippen MR) is 64.9 cm³/mol. The van der Waals surface area contributed by atoms with E-state index in [0.717, 1.165) is 17.4 Å². The van der Waals surface area contributed by atoms with Crippen molar-refractivity contribution >= 4 is 33.2 Å². The minimum atomic E-state index is -3.85. The molecule has 18 heavy (non-hydrogen) atoms. The van der Waals surface area contributed by atoms with Crippen molar-refractivity contribution in [3.63, 3.8) is 0 Å². The van der Waals surface area contributed by atoms with E-state index in [0.29, 0.717) is 0 Å². The van der Waals surface area contributed by atoms with Crippen molar-refractivity contribution in [1.29, 1.82) is 0 Å². The molecule has 0 aliphatic rings. The molecule has 4 N–H and O–H groups in total. The van der Waals surface area contributed by atoms with Crippen molar-refractivity contribution in [3.05, 3.63) is 17.0 Å². The Morgan fingerprint density at radius 1 is 1.44 bits per heavy atom. The van der Waals surface area contributed by atoms with E-state index in [1.807, 2.05) is 0 Å². The highest BCUT2D eigenvalue weighted by atomic mass is 32.2. The summed E-state index contributed by atoms with van der Waals surface area (Å²) in [6.07, 6.45) is 0. The van der Waals surface area contributed by atoms with E-state index in [2.05, 4.69) is 5.32 Å². The third-order valence-electron chi connectivity index (χ3n) is 2.08. The van der Waals surface area contributed by atoms with Crippen LogP contribution >= 0.6 is 11.3 Å². The summed E-state index contributed by atoms with van der Waals surface area (Å²) in [6.45, 7) is 2.64. The van der Waals surface area contributed by atoms with Gasteiger partial charge in [-0.15, -0.1) is 11.3 Å². The van der Waals surface area contributed by atoms with E-state index in [-0.39, 0.29) is 9.77 Å². The highest BCUT2D eigenvalue weighted by molar-refractivity contribution is 7.91. The average Bonchev–Trinajstić information content (AvgIpc) is 2.64. The molecule has 0 aliphatic heterocycles. The number of carbonyl (C=O) groups excluding carboxylic acids is 1. The summed E-state index contributed by atoms with van der Waals surface area (Å²) in [5, 5.41) is 17.3. The number of nitrogens with one attached hydrogen (secondary N) is 1. The normalized spacial score (nSPS) is 12.2. The molecule has 1 aromatic heterocycles. The number of thiophene rings is 1. The lowest BCUT2D eigenvalue weighted by Crippen LogP contribution is -2.49. The van der Waals surface area contributed by atoms with Crippen LogP contribution in [0.2, 0.25) is 0 Å². The first kappa shape index (κ1) is 14.6. The number of sulfonamides is 1. The summed E-state index contributed by atoms with van der Waals surface area (Å²) in [7, 11) is -3.85. The molecular weight excluding hydrogens is 280 g/mol. The Morgan fingerprint density at radius 2 is 2.00 bits per heavy atom. The minimum absolute atomic E-state index is 0.0540. The number of hydrogen-bond donors (Lipinski definition) is 3. The molecule has 0 radical (unpaired) electrons. The second kappa shape index (κ2) is 4.67. The molecule has 0 saturated heterocycles. The molecule has 0 aromatic carbocycles. The van der Waals surface area contributed by atoms with Gasteiger partial charge >= 0.3 is 5.97 Å². The molecule has 0 saturated carbocycles. The predicted octanol–water partition coefficient (Wildman–Crippen LogP) is -0.0115. The van der Waals surface area contributed by atoms with Crippen molar-refractivity contribution < 1.29 is 23.1 Å². The van der Waals surface area contributed by atoms with Crippen molar-refractivity contribution in [2.45, 2.75) is 23.6 Å². The molecule has 9 heteroatoms. The van der Waals surface area contributed by atoms with Crippen LogP contribution in [0.15, 0.2) is 15.7 Å². The number of hydrogen-bond acceptors (Lipinski definition) is 5. The summed E-state index contributed by atoms with van der Waals surface area (Å²) < 4.78 is 21.9. The van der Waals surface area contributed by atoms with Gasteiger partial charge in [-0.3, -0.25) is 4.79 Å². The smallest absolute Gasteiger partial charge is 0.328 e. The molecule has 100 valence electrons. The van der Waals surface area contributed by atoms with Crippen molar-refractivity contribution in [2.75, 3.05) is 0 Å². The van der Waals surface area contributed by atoms with Gasteiger partial charge in [0.05, 0.1) is 5.56 Å². The molecule has 0 spiro atoms. The molecule has 0 atom stereocenters. The zero-order chi connectivity index (χ0) is 14.1. The SMILES string of the molecule is CC(C)(NC(=O)c1csc(S(N)(=O)=O)c1)C(=O)O. The van der Waals surface area contributed by atoms with Crippen molar-refractivity contribution in [3.8, 4) is 0 Å². The first-order chi connectivity index (χ1) is 8.04. The van der Waals surface area contributed by atoms with Gasteiger partial charge in [0.1, 0.15) is 9.75 Å². The number of rotatable bonds is 4. The van der Waals surface area contributed by atoms with Crippen LogP contribution in [0.4, 0.5) is 0 Å². The van der Waals surface area contributed by atoms with Gasteiger partial charge in [0.2, 0.25) is 10.0 Å². The lowest BCUT2D eigenvalue weighted by molar-refractivity contribution is -0.143. The summed E-state index contributed by atoms with van der Waals surface area (Å²) in [5.74, 6) is -1.87. The molecule has 1 aromatic rings. The fraction of sp³-hybridized carbons (Fsp3) is 0.333. The topological polar surface area (TPSA) is 127 Å². The summed E-state index contributed by atoms with van der Waals surface area (Å²) in [5.41, 5.74) is -1.39. The second-order valence-electron chi connectivity index (χ2n) is 4.08. The molecular formula is C9H12N2O5S2. The van der Waals surface area contributed by atoms with E-state index in [1.54, 1.807) is 0 Å². The summed E-state index contributed by atoms with van der Waals surface area (Å²) in [4.78, 5) is 22.5. The lowest BCUT2D eigenvalue weighted by atomic mass is 10.1. The molecule has 0 fully saturated rings. The largest absolute Gasteiger partial charge is 0.480 e. The van der Waals surface area contributed by atoms with Crippen LogP contribution in [0.1, 0.15) is 24.2 Å². The highest BCUT2D eigenvalue weighted by Crippen LogP contribution is 2.19. The van der Waals surface area contributed by atoms with Gasteiger partial charge in [0, 0.05) is 5.38 Å². The summed E-state index contributed by atoms with van der Waals surface area (Å²) in [6, 6.07) is 1.10. The van der Waals surface area contributed by atoms with Gasteiger partial charge in [-0.25, -0.2) is 18.4 Å². The Hall–Kier alpha value is -1.45. The Morgan fingerprint density at radius 3 is 2.39 bits per heavy atom. The van der Waals surface area contributed by atoms with Crippen LogP contribution in [0, 0.1) is 0 Å². The third kappa shape index (κ3) is 3.28. The number of aliphatic carboxylic acids is 1. The van der Waals surface area contributed by atoms with Crippen molar-refractivity contribution in [1.82, 2.24) is 5.32 Å². The van der Waals surface area contributed by atoms with Crippen LogP contribution in [0.3, 0.4) is 0 Å². The maximum atomic E-state index is 11.7. The molecule has 7 nitrogen and oxygen atoms in total. The number of carboxylic acids is 1. The van der Waals surface area contributed by atoms with Crippen LogP contribution in [-0.4, -0.2) is 30.9 Å². The standard InChI is InChI=1S/C9H12N2O5S2/c1-9(2,8(13)14)11-7(12)5-3-6(17-4-5)18(10,15)16/h3-4H,1-2H3,(H,11,12)(H,13,14)(H2,10,15,16). The van der Waals surface area contributed by atoms with E-state index in [1.165, 1.54) is 19.2 Å². The van der Waals surface area contributed by atoms with Crippen LogP contribution in [0.5, 0.6) is 0 Å². The fourth-order valence-electron chi connectivity index (χ4n) is 0.994. The van der Waals surface area contributed by atoms with E-state index >= 15 is 0 Å². The fourth-order valence-corrected chi connectivity index (χ4v) is 2.58. The monoisotopic (exact) mass is 292 g/mol. The van der Waals surface area contributed by atoms with E-state index in [9.17, 15) is 18.0 Å². The Labute approximate surface area is 108 Å².